The molecular weight excluding hydrogens is 342 g/mol. The highest BCUT2D eigenvalue weighted by molar-refractivity contribution is 5.78. The van der Waals surface area contributed by atoms with Gasteiger partial charge in [-0.2, -0.15) is 0 Å². The molecule has 6 nitrogen and oxygen atoms in total. The summed E-state index contributed by atoms with van der Waals surface area (Å²) < 4.78 is 5.66. The Morgan fingerprint density at radius 2 is 2.00 bits per heavy atom. The molecule has 0 saturated heterocycles. The summed E-state index contributed by atoms with van der Waals surface area (Å²) in [5, 5.41) is 0.544. The molecule has 0 saturated carbocycles. The number of para-hydroxylation sites is 1. The first-order valence-electron chi connectivity index (χ1n) is 9.02. The predicted octanol–water partition coefficient (Wildman–Crippen LogP) is 3.05. The van der Waals surface area contributed by atoms with Gasteiger partial charge < -0.3 is 14.6 Å². The van der Waals surface area contributed by atoms with E-state index in [0.717, 1.165) is 11.3 Å². The van der Waals surface area contributed by atoms with Crippen LogP contribution in [0.3, 0.4) is 0 Å². The van der Waals surface area contributed by atoms with Crippen molar-refractivity contribution in [3.63, 3.8) is 0 Å². The van der Waals surface area contributed by atoms with Crippen LogP contribution < -0.4 is 10.3 Å². The zero-order chi connectivity index (χ0) is 19.2. The van der Waals surface area contributed by atoms with Gasteiger partial charge in [-0.1, -0.05) is 24.3 Å². The molecule has 27 heavy (non-hydrogen) atoms. The van der Waals surface area contributed by atoms with E-state index >= 15 is 0 Å². The fourth-order valence-electron chi connectivity index (χ4n) is 2.89. The van der Waals surface area contributed by atoms with Crippen LogP contribution in [0, 0.1) is 6.92 Å². The predicted molar refractivity (Wildman–Crippen MR) is 105 cm³/mol. The molecule has 0 atom stereocenters. The van der Waals surface area contributed by atoms with Crippen molar-refractivity contribution >= 4 is 16.8 Å². The SMILES string of the molecule is CCN(Cc1nc2ccccc2c(=O)[nH]1)C(=O)CCOc1cccc(C)c1. The second-order valence-corrected chi connectivity index (χ2v) is 6.35. The molecule has 0 radical (unpaired) electrons. The van der Waals surface area contributed by atoms with Crippen LogP contribution in [0.5, 0.6) is 5.75 Å². The number of carbonyl (C=O) groups excluding carboxylic acids is 1. The topological polar surface area (TPSA) is 75.3 Å². The van der Waals surface area contributed by atoms with Gasteiger partial charge in [-0.15, -0.1) is 0 Å². The fraction of sp³-hybridized carbons (Fsp3) is 0.286. The van der Waals surface area contributed by atoms with Gasteiger partial charge in [0.2, 0.25) is 5.91 Å². The minimum atomic E-state index is -0.193. The normalized spacial score (nSPS) is 10.7. The molecule has 6 heteroatoms. The lowest BCUT2D eigenvalue weighted by Crippen LogP contribution is -2.32. The number of rotatable bonds is 7. The Hall–Kier alpha value is -3.15. The van der Waals surface area contributed by atoms with Crippen LogP contribution >= 0.6 is 0 Å². The van der Waals surface area contributed by atoms with Gasteiger partial charge in [0.05, 0.1) is 30.5 Å². The summed E-state index contributed by atoms with van der Waals surface area (Å²) >= 11 is 0. The van der Waals surface area contributed by atoms with Crippen molar-refractivity contribution in [2.75, 3.05) is 13.2 Å². The summed E-state index contributed by atoms with van der Waals surface area (Å²) in [6, 6.07) is 14.9. The van der Waals surface area contributed by atoms with Crippen LogP contribution in [0.25, 0.3) is 10.9 Å². The summed E-state index contributed by atoms with van der Waals surface area (Å²) in [5.41, 5.74) is 1.55. The van der Waals surface area contributed by atoms with Crippen molar-refractivity contribution in [3.05, 3.63) is 70.3 Å². The molecule has 2 aromatic carbocycles. The van der Waals surface area contributed by atoms with Crippen LogP contribution in [0.2, 0.25) is 0 Å². The molecule has 0 aliphatic heterocycles. The zero-order valence-electron chi connectivity index (χ0n) is 15.6. The molecule has 140 valence electrons. The number of H-pyrrole nitrogens is 1. The van der Waals surface area contributed by atoms with Crippen molar-refractivity contribution < 1.29 is 9.53 Å². The first-order valence-corrected chi connectivity index (χ1v) is 9.02. The number of hydrogen-bond donors (Lipinski definition) is 1. The van der Waals surface area contributed by atoms with E-state index in [9.17, 15) is 9.59 Å². The summed E-state index contributed by atoms with van der Waals surface area (Å²) in [7, 11) is 0. The maximum atomic E-state index is 12.5. The number of nitrogens with one attached hydrogen (secondary N) is 1. The lowest BCUT2D eigenvalue weighted by atomic mass is 10.2. The third kappa shape index (κ3) is 4.73. The molecule has 0 fully saturated rings. The number of fused-ring (bicyclic) bond motifs is 1. The highest BCUT2D eigenvalue weighted by atomic mass is 16.5. The van der Waals surface area contributed by atoms with E-state index < -0.39 is 0 Å². The summed E-state index contributed by atoms with van der Waals surface area (Å²) in [4.78, 5) is 33.6. The van der Waals surface area contributed by atoms with E-state index in [0.29, 0.717) is 29.9 Å². The Labute approximate surface area is 157 Å². The van der Waals surface area contributed by atoms with Gasteiger partial charge in [-0.3, -0.25) is 9.59 Å². The Bertz CT molecular complexity index is 997. The molecular formula is C21H23N3O3. The number of carbonyl (C=O) groups is 1. The number of aromatic nitrogens is 2. The Morgan fingerprint density at radius 1 is 1.19 bits per heavy atom. The minimum absolute atomic E-state index is 0.0408. The van der Waals surface area contributed by atoms with Gasteiger partial charge in [-0.25, -0.2) is 4.98 Å². The number of amides is 1. The summed E-state index contributed by atoms with van der Waals surface area (Å²) in [6.07, 6.45) is 0.263. The molecule has 0 spiro atoms. The van der Waals surface area contributed by atoms with Gasteiger partial charge in [0.15, 0.2) is 0 Å². The van der Waals surface area contributed by atoms with Gasteiger partial charge in [0, 0.05) is 6.54 Å². The number of aryl methyl sites for hydroxylation is 1. The number of benzene rings is 2. The first kappa shape index (κ1) is 18.6. The molecule has 0 unspecified atom stereocenters. The molecule has 3 rings (SSSR count). The highest BCUT2D eigenvalue weighted by Gasteiger charge is 2.14. The molecule has 1 N–H and O–H groups in total. The van der Waals surface area contributed by atoms with E-state index in [-0.39, 0.29) is 24.4 Å². The van der Waals surface area contributed by atoms with Crippen LogP contribution in [-0.2, 0) is 11.3 Å². The zero-order valence-corrected chi connectivity index (χ0v) is 15.6. The van der Waals surface area contributed by atoms with Crippen molar-refractivity contribution in [1.82, 2.24) is 14.9 Å². The third-order valence-corrected chi connectivity index (χ3v) is 4.31. The minimum Gasteiger partial charge on any atom is -0.493 e. The molecule has 1 heterocycles. The molecule has 0 aliphatic rings. The number of nitrogens with zero attached hydrogens (tertiary/aromatic N) is 2. The van der Waals surface area contributed by atoms with Gasteiger partial charge >= 0.3 is 0 Å². The lowest BCUT2D eigenvalue weighted by Gasteiger charge is -2.20. The smallest absolute Gasteiger partial charge is 0.258 e. The van der Waals surface area contributed by atoms with E-state index in [1.807, 2.05) is 44.2 Å². The molecule has 0 bridgehead atoms. The van der Waals surface area contributed by atoms with Crippen LogP contribution in [0.4, 0.5) is 0 Å². The highest BCUT2D eigenvalue weighted by Crippen LogP contribution is 2.13. The van der Waals surface area contributed by atoms with E-state index in [4.69, 9.17) is 4.74 Å². The average Bonchev–Trinajstić information content (AvgIpc) is 2.66. The van der Waals surface area contributed by atoms with Crippen molar-refractivity contribution in [2.45, 2.75) is 26.8 Å². The Kier molecular flexibility index (Phi) is 5.86. The Morgan fingerprint density at radius 3 is 2.78 bits per heavy atom. The fourth-order valence-corrected chi connectivity index (χ4v) is 2.89. The second-order valence-electron chi connectivity index (χ2n) is 6.35. The van der Waals surface area contributed by atoms with Crippen molar-refractivity contribution in [3.8, 4) is 5.75 Å². The molecule has 0 aliphatic carbocycles. The third-order valence-electron chi connectivity index (χ3n) is 4.31. The van der Waals surface area contributed by atoms with Crippen LogP contribution in [0.1, 0.15) is 24.7 Å². The number of hydrogen-bond acceptors (Lipinski definition) is 4. The second kappa shape index (κ2) is 8.49. The van der Waals surface area contributed by atoms with E-state index in [1.54, 1.807) is 23.1 Å². The van der Waals surface area contributed by atoms with E-state index in [2.05, 4.69) is 9.97 Å². The standard InChI is InChI=1S/C21H23N3O3/c1-3-24(20(25)11-12-27-16-8-6-7-15(2)13-16)14-19-22-18-10-5-4-9-17(18)21(26)23-19/h4-10,13H,3,11-12,14H2,1-2H3,(H,22,23,26). The number of aromatic amines is 1. The van der Waals surface area contributed by atoms with Crippen LogP contribution in [-0.4, -0.2) is 33.9 Å². The van der Waals surface area contributed by atoms with Gasteiger partial charge in [0.25, 0.3) is 5.56 Å². The van der Waals surface area contributed by atoms with Gasteiger partial charge in [0.1, 0.15) is 11.6 Å². The first-order chi connectivity index (χ1) is 13.1. The molecule has 1 aromatic heterocycles. The molecule has 1 amide bonds. The van der Waals surface area contributed by atoms with Gasteiger partial charge in [-0.05, 0) is 43.7 Å². The largest absolute Gasteiger partial charge is 0.493 e. The maximum absolute atomic E-state index is 12.5. The quantitative estimate of drug-likeness (QED) is 0.698. The lowest BCUT2D eigenvalue weighted by molar-refractivity contribution is -0.132. The van der Waals surface area contributed by atoms with Crippen molar-refractivity contribution in [1.29, 1.82) is 0 Å². The average molecular weight is 365 g/mol. The van der Waals surface area contributed by atoms with Crippen LogP contribution in [0.15, 0.2) is 53.3 Å². The Balaban J connectivity index is 1.62. The summed E-state index contributed by atoms with van der Waals surface area (Å²) in [5.74, 6) is 1.20. The van der Waals surface area contributed by atoms with E-state index in [1.165, 1.54) is 0 Å². The van der Waals surface area contributed by atoms with Crippen molar-refractivity contribution in [2.24, 2.45) is 0 Å². The summed E-state index contributed by atoms with van der Waals surface area (Å²) in [6.45, 7) is 4.99. The molecule has 3 aromatic rings. The maximum Gasteiger partial charge on any atom is 0.258 e. The number of ether oxygens (including phenoxy) is 1. The monoisotopic (exact) mass is 365 g/mol.